The fourth-order valence-electron chi connectivity index (χ4n) is 3.61. The predicted molar refractivity (Wildman–Crippen MR) is 92.6 cm³/mol. The predicted octanol–water partition coefficient (Wildman–Crippen LogP) is 1.70. The molecule has 6 heteroatoms. The van der Waals surface area contributed by atoms with E-state index in [2.05, 4.69) is 20.9 Å². The van der Waals surface area contributed by atoms with Gasteiger partial charge in [0.1, 0.15) is 6.04 Å². The molecular weight excluding hydrogens is 316 g/mol. The van der Waals surface area contributed by atoms with Crippen LogP contribution in [0.2, 0.25) is 0 Å². The summed E-state index contributed by atoms with van der Waals surface area (Å²) in [4.78, 5) is 26.1. The Bertz CT molecular complexity index is 759. The van der Waals surface area contributed by atoms with Gasteiger partial charge in [0.05, 0.1) is 13.2 Å². The molecule has 130 valence electrons. The van der Waals surface area contributed by atoms with Crippen LogP contribution in [0.3, 0.4) is 0 Å². The zero-order valence-electron chi connectivity index (χ0n) is 14.4. The summed E-state index contributed by atoms with van der Waals surface area (Å²) in [7, 11) is 0. The number of carbonyl (C=O) groups is 1. The Morgan fingerprint density at radius 2 is 2.00 bits per heavy atom. The van der Waals surface area contributed by atoms with E-state index >= 15 is 0 Å². The van der Waals surface area contributed by atoms with E-state index in [4.69, 9.17) is 4.74 Å². The second-order valence-corrected chi connectivity index (χ2v) is 6.63. The average Bonchev–Trinajstić information content (AvgIpc) is 3.07. The maximum Gasteiger partial charge on any atom is 0.245 e. The van der Waals surface area contributed by atoms with Crippen LogP contribution in [0.15, 0.2) is 36.8 Å². The van der Waals surface area contributed by atoms with Crippen molar-refractivity contribution in [1.29, 1.82) is 0 Å². The van der Waals surface area contributed by atoms with Crippen LogP contribution in [-0.2, 0) is 22.6 Å². The Morgan fingerprint density at radius 1 is 1.20 bits per heavy atom. The molecule has 1 unspecified atom stereocenters. The van der Waals surface area contributed by atoms with E-state index in [1.165, 1.54) is 5.56 Å². The molecule has 0 bridgehead atoms. The van der Waals surface area contributed by atoms with Gasteiger partial charge in [-0.1, -0.05) is 6.07 Å². The molecule has 2 aliphatic heterocycles. The van der Waals surface area contributed by atoms with Gasteiger partial charge in [-0.15, -0.1) is 0 Å². The lowest BCUT2D eigenvalue weighted by Gasteiger charge is -2.35. The smallest absolute Gasteiger partial charge is 0.245 e. The van der Waals surface area contributed by atoms with E-state index < -0.39 is 0 Å². The SMILES string of the molecule is Cc1cc2c(cn1)CN(C(=O)C(c1cccnc1)N1CCOCC1)C2. The first-order valence-corrected chi connectivity index (χ1v) is 8.67. The van der Waals surface area contributed by atoms with E-state index in [9.17, 15) is 4.79 Å². The van der Waals surface area contributed by atoms with Crippen LogP contribution >= 0.6 is 0 Å². The fraction of sp³-hybridized carbons (Fsp3) is 0.421. The van der Waals surface area contributed by atoms with Gasteiger partial charge in [0, 0.05) is 50.5 Å². The lowest BCUT2D eigenvalue weighted by molar-refractivity contribution is -0.139. The first-order chi connectivity index (χ1) is 12.2. The lowest BCUT2D eigenvalue weighted by Crippen LogP contribution is -2.46. The van der Waals surface area contributed by atoms with Gasteiger partial charge in [0.15, 0.2) is 0 Å². The van der Waals surface area contributed by atoms with Crippen molar-refractivity contribution in [1.82, 2.24) is 19.8 Å². The summed E-state index contributed by atoms with van der Waals surface area (Å²) in [5.41, 5.74) is 4.28. The molecule has 2 aromatic heterocycles. The molecule has 0 spiro atoms. The third kappa shape index (κ3) is 3.27. The average molecular weight is 338 g/mol. The van der Waals surface area contributed by atoms with Gasteiger partial charge < -0.3 is 9.64 Å². The van der Waals surface area contributed by atoms with Crippen LogP contribution in [0.25, 0.3) is 0 Å². The van der Waals surface area contributed by atoms with Gasteiger partial charge in [0.25, 0.3) is 0 Å². The Balaban J connectivity index is 1.60. The summed E-state index contributed by atoms with van der Waals surface area (Å²) in [6.45, 7) is 6.10. The third-order valence-corrected chi connectivity index (χ3v) is 4.90. The number of amides is 1. The van der Waals surface area contributed by atoms with Gasteiger partial charge >= 0.3 is 0 Å². The third-order valence-electron chi connectivity index (χ3n) is 4.90. The van der Waals surface area contributed by atoms with Crippen LogP contribution in [0.1, 0.15) is 28.4 Å². The van der Waals surface area contributed by atoms with E-state index in [-0.39, 0.29) is 11.9 Å². The van der Waals surface area contributed by atoms with Crippen LogP contribution in [0, 0.1) is 6.92 Å². The second-order valence-electron chi connectivity index (χ2n) is 6.63. The Labute approximate surface area is 147 Å². The van der Waals surface area contributed by atoms with Crippen LogP contribution in [0.5, 0.6) is 0 Å². The van der Waals surface area contributed by atoms with Crippen molar-refractivity contribution in [2.45, 2.75) is 26.1 Å². The van der Waals surface area contributed by atoms with Gasteiger partial charge in [0.2, 0.25) is 5.91 Å². The molecule has 0 aromatic carbocycles. The number of pyridine rings is 2. The highest BCUT2D eigenvalue weighted by atomic mass is 16.5. The van der Waals surface area contributed by atoms with Crippen molar-refractivity contribution in [3.8, 4) is 0 Å². The number of rotatable bonds is 3. The van der Waals surface area contributed by atoms with E-state index in [0.29, 0.717) is 26.3 Å². The summed E-state index contributed by atoms with van der Waals surface area (Å²) >= 11 is 0. The molecule has 4 rings (SSSR count). The molecule has 1 fully saturated rings. The summed E-state index contributed by atoms with van der Waals surface area (Å²) in [6, 6.07) is 5.65. The minimum absolute atomic E-state index is 0.128. The molecule has 0 radical (unpaired) electrons. The highest BCUT2D eigenvalue weighted by Crippen LogP contribution is 2.29. The van der Waals surface area contributed by atoms with Gasteiger partial charge in [-0.3, -0.25) is 19.7 Å². The van der Waals surface area contributed by atoms with Crippen molar-refractivity contribution in [2.75, 3.05) is 26.3 Å². The molecule has 25 heavy (non-hydrogen) atoms. The van der Waals surface area contributed by atoms with Crippen molar-refractivity contribution < 1.29 is 9.53 Å². The molecule has 4 heterocycles. The van der Waals surface area contributed by atoms with Gasteiger partial charge in [-0.25, -0.2) is 0 Å². The minimum atomic E-state index is -0.305. The van der Waals surface area contributed by atoms with Crippen LogP contribution < -0.4 is 0 Å². The molecule has 2 aromatic rings. The Hall–Kier alpha value is -2.31. The van der Waals surface area contributed by atoms with Crippen molar-refractivity contribution >= 4 is 5.91 Å². The number of hydrogen-bond donors (Lipinski definition) is 0. The normalized spacial score (nSPS) is 18.8. The standard InChI is InChI=1S/C19H22N4O2/c1-14-9-16-12-23(13-17(16)11-21-14)19(24)18(15-3-2-4-20-10-15)22-5-7-25-8-6-22/h2-4,9-11,18H,5-8,12-13H2,1H3. The minimum Gasteiger partial charge on any atom is -0.379 e. The fourth-order valence-corrected chi connectivity index (χ4v) is 3.61. The van der Waals surface area contributed by atoms with E-state index in [0.717, 1.165) is 29.9 Å². The molecular formula is C19H22N4O2. The summed E-state index contributed by atoms with van der Waals surface area (Å²) in [5, 5.41) is 0. The molecule has 1 amide bonds. The second kappa shape index (κ2) is 6.90. The number of aryl methyl sites for hydroxylation is 1. The largest absolute Gasteiger partial charge is 0.379 e. The summed E-state index contributed by atoms with van der Waals surface area (Å²) in [5.74, 6) is 0.128. The molecule has 0 aliphatic carbocycles. The number of fused-ring (bicyclic) bond motifs is 1. The number of carbonyl (C=O) groups excluding carboxylic acids is 1. The van der Waals surface area contributed by atoms with E-state index in [1.807, 2.05) is 30.2 Å². The molecule has 1 atom stereocenters. The van der Waals surface area contributed by atoms with Crippen LogP contribution in [0.4, 0.5) is 0 Å². The highest BCUT2D eigenvalue weighted by Gasteiger charge is 2.35. The maximum absolute atomic E-state index is 13.4. The van der Waals surface area contributed by atoms with E-state index in [1.54, 1.807) is 12.4 Å². The van der Waals surface area contributed by atoms with Crippen molar-refractivity contribution in [2.24, 2.45) is 0 Å². The number of hydrogen-bond acceptors (Lipinski definition) is 5. The first-order valence-electron chi connectivity index (χ1n) is 8.67. The van der Waals surface area contributed by atoms with Crippen molar-refractivity contribution in [3.05, 3.63) is 59.2 Å². The molecule has 1 saturated heterocycles. The number of nitrogens with zero attached hydrogens (tertiary/aromatic N) is 4. The number of ether oxygens (including phenoxy) is 1. The zero-order valence-corrected chi connectivity index (χ0v) is 14.4. The highest BCUT2D eigenvalue weighted by molar-refractivity contribution is 5.83. The summed E-state index contributed by atoms with van der Waals surface area (Å²) < 4.78 is 5.46. The zero-order chi connectivity index (χ0) is 17.2. The van der Waals surface area contributed by atoms with Crippen molar-refractivity contribution in [3.63, 3.8) is 0 Å². The number of morpholine rings is 1. The maximum atomic E-state index is 13.4. The Kier molecular flexibility index (Phi) is 4.46. The molecule has 2 aliphatic rings. The molecule has 0 N–H and O–H groups in total. The quantitative estimate of drug-likeness (QED) is 0.853. The topological polar surface area (TPSA) is 58.6 Å². The number of aromatic nitrogens is 2. The monoisotopic (exact) mass is 338 g/mol. The Morgan fingerprint density at radius 3 is 2.76 bits per heavy atom. The molecule has 0 saturated carbocycles. The first kappa shape index (κ1) is 16.2. The molecule has 6 nitrogen and oxygen atoms in total. The summed E-state index contributed by atoms with van der Waals surface area (Å²) in [6.07, 6.45) is 5.43. The van der Waals surface area contributed by atoms with Crippen LogP contribution in [-0.4, -0.2) is 52.0 Å². The van der Waals surface area contributed by atoms with Gasteiger partial charge in [-0.05, 0) is 35.7 Å². The lowest BCUT2D eigenvalue weighted by atomic mass is 10.1. The van der Waals surface area contributed by atoms with Gasteiger partial charge in [-0.2, -0.15) is 0 Å².